The van der Waals surface area contributed by atoms with Crippen LogP contribution in [0.25, 0.3) is 22.4 Å². The van der Waals surface area contributed by atoms with Crippen LogP contribution in [0.15, 0.2) is 24.3 Å². The molecule has 0 aliphatic heterocycles. The Hall–Kier alpha value is -2.67. The van der Waals surface area contributed by atoms with Gasteiger partial charge in [0.15, 0.2) is 11.6 Å². The Balaban J connectivity index is 2.21. The molecule has 2 heterocycles. The minimum atomic E-state index is -0.925. The summed E-state index contributed by atoms with van der Waals surface area (Å²) >= 11 is 6.00. The number of carboxylic acid groups (broad SMARTS) is 1. The molecular weight excluding hydrogens is 378 g/mol. The first-order valence-corrected chi connectivity index (χ1v) is 9.68. The predicted molar refractivity (Wildman–Crippen MR) is 111 cm³/mol. The molecule has 0 fully saturated rings. The molecule has 148 valence electrons. The van der Waals surface area contributed by atoms with E-state index in [-0.39, 0.29) is 5.92 Å². The van der Waals surface area contributed by atoms with Gasteiger partial charge in [-0.25, -0.2) is 14.8 Å². The van der Waals surface area contributed by atoms with Gasteiger partial charge in [0.1, 0.15) is 17.1 Å². The second kappa shape index (κ2) is 8.14. The van der Waals surface area contributed by atoms with Crippen LogP contribution in [0.4, 0.5) is 5.82 Å². The molecule has 1 unspecified atom stereocenters. The number of carboxylic acids is 1. The number of hydrogen-bond acceptors (Lipinski definition) is 5. The maximum absolute atomic E-state index is 11.7. The highest BCUT2D eigenvalue weighted by Gasteiger charge is 2.25. The largest absolute Gasteiger partial charge is 0.480 e. The van der Waals surface area contributed by atoms with E-state index in [1.165, 1.54) is 0 Å². The van der Waals surface area contributed by atoms with Gasteiger partial charge in [0.25, 0.3) is 0 Å². The third kappa shape index (κ3) is 3.94. The van der Waals surface area contributed by atoms with Crippen molar-refractivity contribution in [2.45, 2.75) is 39.7 Å². The van der Waals surface area contributed by atoms with Gasteiger partial charge in [-0.05, 0) is 36.6 Å². The van der Waals surface area contributed by atoms with Crippen molar-refractivity contribution in [2.75, 3.05) is 5.32 Å². The SMILES string of the molecule is CCCc1nn(C)c2c(NC(C(=O)O)C(C)C)nc(-c3ccc(Cl)cc3)nc12. The van der Waals surface area contributed by atoms with Crippen LogP contribution in [0.3, 0.4) is 0 Å². The smallest absolute Gasteiger partial charge is 0.326 e. The fourth-order valence-corrected chi connectivity index (χ4v) is 3.26. The van der Waals surface area contributed by atoms with E-state index >= 15 is 0 Å². The van der Waals surface area contributed by atoms with Gasteiger partial charge in [0.05, 0.1) is 5.69 Å². The number of nitrogens with one attached hydrogen (secondary N) is 1. The Morgan fingerprint density at radius 1 is 1.25 bits per heavy atom. The fraction of sp³-hybridized carbons (Fsp3) is 0.400. The van der Waals surface area contributed by atoms with Crippen molar-refractivity contribution >= 4 is 34.4 Å². The molecule has 1 aromatic carbocycles. The van der Waals surface area contributed by atoms with Crippen LogP contribution in [0.2, 0.25) is 5.02 Å². The van der Waals surface area contributed by atoms with Crippen molar-refractivity contribution in [1.29, 1.82) is 0 Å². The third-order valence-electron chi connectivity index (χ3n) is 4.57. The predicted octanol–water partition coefficient (Wildman–Crippen LogP) is 4.16. The normalized spacial score (nSPS) is 12.5. The van der Waals surface area contributed by atoms with Gasteiger partial charge in [-0.1, -0.05) is 38.8 Å². The Labute approximate surface area is 168 Å². The maximum atomic E-state index is 11.7. The molecular formula is C20H24ClN5O2. The van der Waals surface area contributed by atoms with Crippen LogP contribution in [0.5, 0.6) is 0 Å². The monoisotopic (exact) mass is 401 g/mol. The zero-order valence-corrected chi connectivity index (χ0v) is 17.2. The second-order valence-corrected chi connectivity index (χ2v) is 7.56. The average Bonchev–Trinajstić information content (AvgIpc) is 2.96. The van der Waals surface area contributed by atoms with Crippen molar-refractivity contribution in [1.82, 2.24) is 19.7 Å². The van der Waals surface area contributed by atoms with E-state index in [0.29, 0.717) is 22.2 Å². The van der Waals surface area contributed by atoms with Gasteiger partial charge in [-0.2, -0.15) is 5.10 Å². The lowest BCUT2D eigenvalue weighted by Gasteiger charge is -2.19. The Morgan fingerprint density at radius 3 is 2.50 bits per heavy atom. The van der Waals surface area contributed by atoms with Gasteiger partial charge >= 0.3 is 5.97 Å². The number of benzene rings is 1. The minimum absolute atomic E-state index is 0.121. The van der Waals surface area contributed by atoms with Crippen LogP contribution in [-0.4, -0.2) is 36.9 Å². The number of nitrogens with zero attached hydrogens (tertiary/aromatic N) is 4. The summed E-state index contributed by atoms with van der Waals surface area (Å²) in [6, 6.07) is 6.48. The quantitative estimate of drug-likeness (QED) is 0.617. The molecule has 3 aromatic rings. The van der Waals surface area contributed by atoms with Crippen LogP contribution in [0, 0.1) is 5.92 Å². The lowest BCUT2D eigenvalue weighted by molar-refractivity contribution is -0.138. The standard InChI is InChI=1S/C20H24ClN5O2/c1-5-6-14-16-17(26(4)25-14)19(22-15(11(2)3)20(27)28)24-18(23-16)12-7-9-13(21)10-8-12/h7-11,15H,5-6H2,1-4H3,(H,27,28)(H,22,23,24). The number of anilines is 1. The zero-order valence-electron chi connectivity index (χ0n) is 16.4. The highest BCUT2D eigenvalue weighted by atomic mass is 35.5. The van der Waals surface area contributed by atoms with Crippen molar-refractivity contribution in [2.24, 2.45) is 13.0 Å². The summed E-state index contributed by atoms with van der Waals surface area (Å²) < 4.78 is 1.72. The molecule has 3 rings (SSSR count). The molecule has 1 atom stereocenters. The lowest BCUT2D eigenvalue weighted by Crippen LogP contribution is -2.34. The Bertz CT molecular complexity index is 998. The average molecular weight is 402 g/mol. The first kappa shape index (κ1) is 20.1. The summed E-state index contributed by atoms with van der Waals surface area (Å²) in [6.07, 6.45) is 1.71. The second-order valence-electron chi connectivity index (χ2n) is 7.12. The van der Waals surface area contributed by atoms with Crippen molar-refractivity contribution in [3.8, 4) is 11.4 Å². The fourth-order valence-electron chi connectivity index (χ4n) is 3.14. The highest BCUT2D eigenvalue weighted by Crippen LogP contribution is 2.29. The Morgan fingerprint density at radius 2 is 1.93 bits per heavy atom. The zero-order chi connectivity index (χ0) is 20.4. The van der Waals surface area contributed by atoms with Crippen LogP contribution in [0.1, 0.15) is 32.9 Å². The number of fused-ring (bicyclic) bond motifs is 1. The van der Waals surface area contributed by atoms with E-state index in [1.54, 1.807) is 16.8 Å². The van der Waals surface area contributed by atoms with Gasteiger partial charge in [0.2, 0.25) is 0 Å². The number of aliphatic carboxylic acids is 1. The summed E-state index contributed by atoms with van der Waals surface area (Å²) in [5, 5.41) is 17.9. The first-order valence-electron chi connectivity index (χ1n) is 9.30. The highest BCUT2D eigenvalue weighted by molar-refractivity contribution is 6.30. The van der Waals surface area contributed by atoms with E-state index in [2.05, 4.69) is 22.3 Å². The minimum Gasteiger partial charge on any atom is -0.480 e. The summed E-state index contributed by atoms with van der Waals surface area (Å²) in [5.74, 6) is -0.0751. The molecule has 2 aromatic heterocycles. The van der Waals surface area contributed by atoms with Gasteiger partial charge < -0.3 is 10.4 Å². The number of hydrogen-bond donors (Lipinski definition) is 2. The van der Waals surface area contributed by atoms with E-state index in [0.717, 1.165) is 29.6 Å². The number of aromatic nitrogens is 4. The number of rotatable bonds is 7. The van der Waals surface area contributed by atoms with Gasteiger partial charge in [-0.3, -0.25) is 4.68 Å². The molecule has 0 amide bonds. The first-order chi connectivity index (χ1) is 13.3. The van der Waals surface area contributed by atoms with Crippen LogP contribution in [-0.2, 0) is 18.3 Å². The van der Waals surface area contributed by atoms with Crippen molar-refractivity contribution in [3.05, 3.63) is 35.0 Å². The molecule has 0 aliphatic carbocycles. The van der Waals surface area contributed by atoms with E-state index < -0.39 is 12.0 Å². The number of halogens is 1. The summed E-state index contributed by atoms with van der Waals surface area (Å²) in [5.41, 5.74) is 3.11. The third-order valence-corrected chi connectivity index (χ3v) is 4.82. The molecule has 0 spiro atoms. The molecule has 0 bridgehead atoms. The molecule has 0 aliphatic rings. The molecule has 0 radical (unpaired) electrons. The maximum Gasteiger partial charge on any atom is 0.326 e. The summed E-state index contributed by atoms with van der Waals surface area (Å²) in [7, 11) is 1.82. The molecule has 0 saturated heterocycles. The van der Waals surface area contributed by atoms with Crippen LogP contribution >= 0.6 is 11.6 Å². The molecule has 8 heteroatoms. The van der Waals surface area contributed by atoms with Crippen molar-refractivity contribution in [3.63, 3.8) is 0 Å². The molecule has 28 heavy (non-hydrogen) atoms. The van der Waals surface area contributed by atoms with Crippen molar-refractivity contribution < 1.29 is 9.90 Å². The Kier molecular flexibility index (Phi) is 5.84. The van der Waals surface area contributed by atoms with E-state index in [4.69, 9.17) is 16.6 Å². The van der Waals surface area contributed by atoms with E-state index in [1.807, 2.05) is 33.0 Å². The molecule has 2 N–H and O–H groups in total. The lowest BCUT2D eigenvalue weighted by atomic mass is 10.0. The molecule has 0 saturated carbocycles. The molecule has 7 nitrogen and oxygen atoms in total. The van der Waals surface area contributed by atoms with Gasteiger partial charge in [-0.15, -0.1) is 0 Å². The number of aryl methyl sites for hydroxylation is 2. The summed E-state index contributed by atoms with van der Waals surface area (Å²) in [4.78, 5) is 21.1. The van der Waals surface area contributed by atoms with Crippen LogP contribution < -0.4 is 5.32 Å². The van der Waals surface area contributed by atoms with Gasteiger partial charge in [0, 0.05) is 17.6 Å². The topological polar surface area (TPSA) is 92.9 Å². The van der Waals surface area contributed by atoms with E-state index in [9.17, 15) is 9.90 Å². The summed E-state index contributed by atoms with van der Waals surface area (Å²) in [6.45, 7) is 5.80. The number of carbonyl (C=O) groups is 1.